The smallest absolute Gasteiger partial charge is 0.382 e. The van der Waals surface area contributed by atoms with Crippen molar-refractivity contribution < 1.29 is 28.5 Å². The van der Waals surface area contributed by atoms with Gasteiger partial charge in [0.25, 0.3) is 0 Å². The van der Waals surface area contributed by atoms with Gasteiger partial charge in [-0.2, -0.15) is 0 Å². The van der Waals surface area contributed by atoms with Gasteiger partial charge in [-0.3, -0.25) is 0 Å². The number of rotatable bonds is 9. The maximum absolute atomic E-state index is 12.6. The molecule has 0 aliphatic rings. The lowest BCUT2D eigenvalue weighted by Crippen LogP contribution is -2.16. The highest BCUT2D eigenvalue weighted by Gasteiger charge is 2.21. The molecular weight excluding hydrogens is 360 g/mol. The highest BCUT2D eigenvalue weighted by Crippen LogP contribution is 2.38. The zero-order chi connectivity index (χ0) is 20.4. The average Bonchev–Trinajstić information content (AvgIpc) is 2.72. The molecule has 0 heterocycles. The van der Waals surface area contributed by atoms with Gasteiger partial charge in [-0.05, 0) is 25.5 Å². The summed E-state index contributed by atoms with van der Waals surface area (Å²) in [6.45, 7) is 7.53. The molecule has 0 saturated heterocycles. The van der Waals surface area contributed by atoms with Crippen molar-refractivity contribution in [3.8, 4) is 22.6 Å². The van der Waals surface area contributed by atoms with Crippen LogP contribution in [0.1, 0.15) is 13.8 Å². The van der Waals surface area contributed by atoms with Crippen LogP contribution in [0.4, 0.5) is 0 Å². The van der Waals surface area contributed by atoms with E-state index < -0.39 is 11.9 Å². The van der Waals surface area contributed by atoms with E-state index in [4.69, 9.17) is 18.9 Å². The summed E-state index contributed by atoms with van der Waals surface area (Å²) in [6, 6.07) is 14.3. The second kappa shape index (κ2) is 10.6. The number of ether oxygens (including phenoxy) is 4. The Kier molecular flexibility index (Phi) is 7.84. The second-order valence-corrected chi connectivity index (χ2v) is 5.38. The van der Waals surface area contributed by atoms with Crippen LogP contribution >= 0.6 is 0 Å². The van der Waals surface area contributed by atoms with Gasteiger partial charge in [0.05, 0.1) is 13.2 Å². The molecule has 6 nitrogen and oxygen atoms in total. The fraction of sp³-hybridized carbons (Fsp3) is 0.182. The van der Waals surface area contributed by atoms with E-state index in [1.807, 2.05) is 30.3 Å². The monoisotopic (exact) mass is 382 g/mol. The zero-order valence-corrected chi connectivity index (χ0v) is 15.8. The standard InChI is InChI=1S/C22H22O6/c1-4-20(23)27-18-14-10-13-17(16-11-8-7-9-12-16)21(18)28-22(24)19(26-6-3)15-25-5-2/h4,7-15H,1,5-6H2,2-3H3/b19-15-. The first-order valence-corrected chi connectivity index (χ1v) is 8.80. The lowest BCUT2D eigenvalue weighted by molar-refractivity contribution is -0.135. The third-order valence-electron chi connectivity index (χ3n) is 3.49. The number of hydrogen-bond donors (Lipinski definition) is 0. The van der Waals surface area contributed by atoms with Crippen LogP contribution < -0.4 is 9.47 Å². The maximum Gasteiger partial charge on any atom is 0.382 e. The molecule has 0 aromatic heterocycles. The van der Waals surface area contributed by atoms with Crippen LogP contribution in [-0.4, -0.2) is 25.2 Å². The molecule has 0 amide bonds. The molecule has 2 rings (SSSR count). The summed E-state index contributed by atoms with van der Waals surface area (Å²) in [5.74, 6) is -1.34. The van der Waals surface area contributed by atoms with Crippen molar-refractivity contribution >= 4 is 11.9 Å². The molecule has 0 unspecified atom stereocenters. The first-order chi connectivity index (χ1) is 13.6. The molecule has 146 valence electrons. The number of benzene rings is 2. The van der Waals surface area contributed by atoms with Crippen molar-refractivity contribution in [3.63, 3.8) is 0 Å². The van der Waals surface area contributed by atoms with E-state index in [9.17, 15) is 9.59 Å². The van der Waals surface area contributed by atoms with Crippen molar-refractivity contribution in [1.82, 2.24) is 0 Å². The Morgan fingerprint density at radius 1 is 0.964 bits per heavy atom. The molecule has 2 aromatic rings. The van der Waals surface area contributed by atoms with Gasteiger partial charge in [0.2, 0.25) is 5.76 Å². The molecule has 0 bridgehead atoms. The van der Waals surface area contributed by atoms with Gasteiger partial charge in [0.15, 0.2) is 11.5 Å². The summed E-state index contributed by atoms with van der Waals surface area (Å²) in [7, 11) is 0. The van der Waals surface area contributed by atoms with Crippen LogP contribution in [0.2, 0.25) is 0 Å². The minimum absolute atomic E-state index is 0.0896. The molecule has 0 spiro atoms. The van der Waals surface area contributed by atoms with Gasteiger partial charge in [-0.1, -0.05) is 49.0 Å². The predicted molar refractivity (Wildman–Crippen MR) is 105 cm³/mol. The Balaban J connectivity index is 2.47. The number of para-hydroxylation sites is 1. The second-order valence-electron chi connectivity index (χ2n) is 5.38. The Labute approximate surface area is 164 Å². The van der Waals surface area contributed by atoms with E-state index >= 15 is 0 Å². The van der Waals surface area contributed by atoms with Crippen LogP contribution in [0.25, 0.3) is 11.1 Å². The molecular formula is C22H22O6. The molecule has 6 heteroatoms. The van der Waals surface area contributed by atoms with Crippen LogP contribution in [0.15, 0.2) is 73.2 Å². The minimum atomic E-state index is -0.769. The van der Waals surface area contributed by atoms with Gasteiger partial charge in [-0.15, -0.1) is 0 Å². The van der Waals surface area contributed by atoms with Gasteiger partial charge in [0.1, 0.15) is 6.26 Å². The summed E-state index contributed by atoms with van der Waals surface area (Å²) in [4.78, 5) is 24.4. The molecule has 0 radical (unpaired) electrons. The molecule has 0 N–H and O–H groups in total. The molecule has 0 aliphatic carbocycles. The number of carbonyl (C=O) groups is 2. The summed E-state index contributed by atoms with van der Waals surface area (Å²) in [6.07, 6.45) is 2.23. The van der Waals surface area contributed by atoms with Crippen LogP contribution in [0, 0.1) is 0 Å². The van der Waals surface area contributed by atoms with Crippen molar-refractivity contribution in [2.24, 2.45) is 0 Å². The largest absolute Gasteiger partial charge is 0.497 e. The van der Waals surface area contributed by atoms with Crippen LogP contribution in [-0.2, 0) is 19.1 Å². The third-order valence-corrected chi connectivity index (χ3v) is 3.49. The van der Waals surface area contributed by atoms with Crippen molar-refractivity contribution in [1.29, 1.82) is 0 Å². The van der Waals surface area contributed by atoms with Crippen molar-refractivity contribution in [3.05, 3.63) is 73.2 Å². The zero-order valence-electron chi connectivity index (χ0n) is 15.8. The number of carbonyl (C=O) groups excluding carboxylic acids is 2. The van der Waals surface area contributed by atoms with E-state index in [1.54, 1.807) is 26.0 Å². The average molecular weight is 382 g/mol. The van der Waals surface area contributed by atoms with Gasteiger partial charge in [0, 0.05) is 11.6 Å². The molecule has 0 saturated carbocycles. The van der Waals surface area contributed by atoms with Crippen molar-refractivity contribution in [2.75, 3.05) is 13.2 Å². The maximum atomic E-state index is 12.6. The van der Waals surface area contributed by atoms with Gasteiger partial charge >= 0.3 is 11.9 Å². The normalized spacial score (nSPS) is 10.7. The summed E-state index contributed by atoms with van der Waals surface area (Å²) < 4.78 is 21.3. The van der Waals surface area contributed by atoms with Gasteiger partial charge < -0.3 is 18.9 Å². The lowest BCUT2D eigenvalue weighted by Gasteiger charge is -2.15. The van der Waals surface area contributed by atoms with Gasteiger partial charge in [-0.25, -0.2) is 9.59 Å². The van der Waals surface area contributed by atoms with Crippen LogP contribution in [0.5, 0.6) is 11.5 Å². The summed E-state index contributed by atoms with van der Waals surface area (Å²) >= 11 is 0. The van der Waals surface area contributed by atoms with E-state index in [2.05, 4.69) is 6.58 Å². The Morgan fingerprint density at radius 3 is 2.36 bits per heavy atom. The number of hydrogen-bond acceptors (Lipinski definition) is 6. The highest BCUT2D eigenvalue weighted by molar-refractivity contribution is 5.91. The summed E-state index contributed by atoms with van der Waals surface area (Å²) in [5.41, 5.74) is 1.36. The Hall–Kier alpha value is -3.54. The molecule has 0 atom stereocenters. The predicted octanol–water partition coefficient (Wildman–Crippen LogP) is 4.26. The minimum Gasteiger partial charge on any atom is -0.497 e. The van der Waals surface area contributed by atoms with Crippen molar-refractivity contribution in [2.45, 2.75) is 13.8 Å². The fourth-order valence-corrected chi connectivity index (χ4v) is 2.30. The van der Waals surface area contributed by atoms with Crippen LogP contribution in [0.3, 0.4) is 0 Å². The van der Waals surface area contributed by atoms with E-state index in [0.29, 0.717) is 12.2 Å². The third kappa shape index (κ3) is 5.48. The molecule has 28 heavy (non-hydrogen) atoms. The Bertz CT molecular complexity index is 855. The SMILES string of the molecule is C=CC(=O)Oc1cccc(-c2ccccc2)c1OC(=O)/C(=C/OCC)OCC. The first-order valence-electron chi connectivity index (χ1n) is 8.80. The quantitative estimate of drug-likeness (QED) is 0.279. The molecule has 0 aliphatic heterocycles. The first kappa shape index (κ1) is 20.8. The van der Waals surface area contributed by atoms with E-state index in [-0.39, 0.29) is 23.9 Å². The lowest BCUT2D eigenvalue weighted by atomic mass is 10.0. The number of esters is 2. The van der Waals surface area contributed by atoms with E-state index in [0.717, 1.165) is 11.6 Å². The molecule has 2 aromatic carbocycles. The van der Waals surface area contributed by atoms with E-state index in [1.165, 1.54) is 12.3 Å². The topological polar surface area (TPSA) is 71.1 Å². The fourth-order valence-electron chi connectivity index (χ4n) is 2.30. The molecule has 0 fully saturated rings. The highest BCUT2D eigenvalue weighted by atomic mass is 16.6. The summed E-state index contributed by atoms with van der Waals surface area (Å²) in [5, 5.41) is 0. The Morgan fingerprint density at radius 2 is 1.71 bits per heavy atom.